The molecule has 1 fully saturated rings. The van der Waals surface area contributed by atoms with E-state index in [1.165, 1.54) is 19.3 Å². The molecule has 5 heteroatoms. The number of rotatable bonds is 5. The summed E-state index contributed by atoms with van der Waals surface area (Å²) in [6.45, 7) is 0. The molecular weight excluding hydrogens is 394 g/mol. The van der Waals surface area contributed by atoms with Crippen LogP contribution in [0.25, 0.3) is 22.4 Å². The van der Waals surface area contributed by atoms with Crippen LogP contribution in [0.2, 0.25) is 5.02 Å². The average Bonchev–Trinajstić information content (AvgIpc) is 2.80. The highest BCUT2D eigenvalue weighted by Crippen LogP contribution is 2.34. The molecule has 3 aromatic rings. The van der Waals surface area contributed by atoms with Crippen molar-refractivity contribution in [2.75, 3.05) is 12.4 Å². The zero-order chi connectivity index (χ0) is 20.9. The van der Waals surface area contributed by atoms with Crippen LogP contribution in [0.1, 0.15) is 37.7 Å². The summed E-state index contributed by atoms with van der Waals surface area (Å²) in [5.41, 5.74) is 4.17. The summed E-state index contributed by atoms with van der Waals surface area (Å²) < 4.78 is 5.29. The fourth-order valence-corrected chi connectivity index (χ4v) is 4.10. The minimum Gasteiger partial charge on any atom is -0.497 e. The van der Waals surface area contributed by atoms with E-state index in [1.54, 1.807) is 7.11 Å². The minimum absolute atomic E-state index is 0.350. The summed E-state index contributed by atoms with van der Waals surface area (Å²) in [5.74, 6) is 1.44. The van der Waals surface area contributed by atoms with Crippen LogP contribution in [-0.2, 0) is 0 Å². The van der Waals surface area contributed by atoms with Gasteiger partial charge in [0.1, 0.15) is 23.2 Å². The lowest BCUT2D eigenvalue weighted by molar-refractivity contribution is 0.415. The van der Waals surface area contributed by atoms with Gasteiger partial charge in [-0.1, -0.05) is 55.1 Å². The number of ether oxygens (including phenoxy) is 1. The van der Waals surface area contributed by atoms with Gasteiger partial charge in [-0.15, -0.1) is 0 Å². The molecule has 1 aromatic heterocycles. The lowest BCUT2D eigenvalue weighted by atomic mass is 9.94. The highest BCUT2D eigenvalue weighted by Gasteiger charge is 2.20. The van der Waals surface area contributed by atoms with E-state index < -0.39 is 0 Å². The van der Waals surface area contributed by atoms with Crippen molar-refractivity contribution >= 4 is 17.4 Å². The van der Waals surface area contributed by atoms with Crippen molar-refractivity contribution < 1.29 is 4.74 Å². The Morgan fingerprint density at radius 3 is 2.30 bits per heavy atom. The van der Waals surface area contributed by atoms with Gasteiger partial charge in [0.05, 0.1) is 12.8 Å². The molecule has 0 amide bonds. The summed E-state index contributed by atoms with van der Waals surface area (Å²) in [5, 5.41) is 14.3. The molecule has 1 N–H and O–H groups in total. The number of nitrogens with one attached hydrogen (secondary N) is 1. The maximum absolute atomic E-state index is 10.0. The van der Waals surface area contributed by atoms with Gasteiger partial charge >= 0.3 is 0 Å². The van der Waals surface area contributed by atoms with E-state index in [2.05, 4.69) is 11.4 Å². The van der Waals surface area contributed by atoms with Crippen molar-refractivity contribution in [2.24, 2.45) is 0 Å². The van der Waals surface area contributed by atoms with Crippen LogP contribution >= 0.6 is 11.6 Å². The number of pyridine rings is 1. The highest BCUT2D eigenvalue weighted by molar-refractivity contribution is 6.30. The third-order valence-corrected chi connectivity index (χ3v) is 5.87. The molecule has 0 atom stereocenters. The van der Waals surface area contributed by atoms with E-state index in [0.29, 0.717) is 22.4 Å². The topological polar surface area (TPSA) is 57.9 Å². The third-order valence-electron chi connectivity index (χ3n) is 5.62. The number of nitrogens with zero attached hydrogens (tertiary/aromatic N) is 2. The van der Waals surface area contributed by atoms with E-state index in [0.717, 1.165) is 41.0 Å². The number of methoxy groups -OCH3 is 1. The second-order valence-corrected chi connectivity index (χ2v) is 8.04. The standard InChI is InChI=1S/C25H24ClN3O/c1-30-21-13-9-17(10-14-21)22-15-24(18-7-11-19(26)12-8-18)29-25(23(22)16-27)28-20-5-3-2-4-6-20/h7-15,20H,2-6H2,1H3,(H,28,29). The number of benzene rings is 2. The van der Waals surface area contributed by atoms with Crippen molar-refractivity contribution in [3.05, 3.63) is 65.2 Å². The predicted molar refractivity (Wildman–Crippen MR) is 122 cm³/mol. The Hall–Kier alpha value is -3.03. The molecular formula is C25H24ClN3O. The average molecular weight is 418 g/mol. The first-order valence-electron chi connectivity index (χ1n) is 10.3. The van der Waals surface area contributed by atoms with Crippen molar-refractivity contribution in [3.8, 4) is 34.2 Å². The van der Waals surface area contributed by atoms with Gasteiger partial charge in [0, 0.05) is 22.2 Å². The second-order valence-electron chi connectivity index (χ2n) is 7.61. The smallest absolute Gasteiger partial charge is 0.145 e. The Balaban J connectivity index is 1.83. The molecule has 1 aliphatic carbocycles. The molecule has 1 aliphatic rings. The number of nitriles is 1. The number of anilines is 1. The van der Waals surface area contributed by atoms with E-state index in [4.69, 9.17) is 21.3 Å². The molecule has 4 nitrogen and oxygen atoms in total. The van der Waals surface area contributed by atoms with E-state index in [1.807, 2.05) is 54.6 Å². The van der Waals surface area contributed by atoms with Gasteiger partial charge in [-0.05, 0) is 48.7 Å². The van der Waals surface area contributed by atoms with Crippen LogP contribution in [-0.4, -0.2) is 18.1 Å². The Morgan fingerprint density at radius 2 is 1.67 bits per heavy atom. The van der Waals surface area contributed by atoms with Crippen LogP contribution in [0, 0.1) is 11.3 Å². The van der Waals surface area contributed by atoms with Crippen molar-refractivity contribution in [1.82, 2.24) is 4.98 Å². The molecule has 1 saturated carbocycles. The maximum atomic E-state index is 10.0. The Kier molecular flexibility index (Phi) is 6.21. The summed E-state index contributed by atoms with van der Waals surface area (Å²) in [6.07, 6.45) is 5.91. The number of hydrogen-bond acceptors (Lipinski definition) is 4. The molecule has 4 rings (SSSR count). The summed E-state index contributed by atoms with van der Waals surface area (Å²) in [6, 6.07) is 20.1. The highest BCUT2D eigenvalue weighted by atomic mass is 35.5. The van der Waals surface area contributed by atoms with Gasteiger partial charge in [-0.3, -0.25) is 0 Å². The van der Waals surface area contributed by atoms with Gasteiger partial charge in [0.15, 0.2) is 0 Å². The van der Waals surface area contributed by atoms with Crippen molar-refractivity contribution in [3.63, 3.8) is 0 Å². The minimum atomic E-state index is 0.350. The molecule has 1 heterocycles. The van der Waals surface area contributed by atoms with Crippen molar-refractivity contribution in [2.45, 2.75) is 38.1 Å². The quantitative estimate of drug-likeness (QED) is 0.502. The molecule has 0 unspecified atom stereocenters. The SMILES string of the molecule is COc1ccc(-c2cc(-c3ccc(Cl)cc3)nc(NC3CCCCC3)c2C#N)cc1. The van der Waals surface area contributed by atoms with Gasteiger partial charge < -0.3 is 10.1 Å². The first kappa shape index (κ1) is 20.3. The molecule has 30 heavy (non-hydrogen) atoms. The Morgan fingerprint density at radius 1 is 1.00 bits per heavy atom. The fraction of sp³-hybridized carbons (Fsp3) is 0.280. The molecule has 152 valence electrons. The van der Waals surface area contributed by atoms with Gasteiger partial charge in [0.25, 0.3) is 0 Å². The number of hydrogen-bond donors (Lipinski definition) is 1. The molecule has 0 radical (unpaired) electrons. The van der Waals surface area contributed by atoms with Crippen molar-refractivity contribution in [1.29, 1.82) is 5.26 Å². The Labute approximate surface area is 182 Å². The lowest BCUT2D eigenvalue weighted by Crippen LogP contribution is -2.23. The fourth-order valence-electron chi connectivity index (χ4n) is 3.97. The first-order chi connectivity index (χ1) is 14.7. The van der Waals surface area contributed by atoms with E-state index in [-0.39, 0.29) is 0 Å². The molecule has 2 aromatic carbocycles. The van der Waals surface area contributed by atoms with E-state index in [9.17, 15) is 5.26 Å². The zero-order valence-corrected chi connectivity index (χ0v) is 17.7. The van der Waals surface area contributed by atoms with Gasteiger partial charge in [0.2, 0.25) is 0 Å². The first-order valence-corrected chi connectivity index (χ1v) is 10.7. The monoisotopic (exact) mass is 417 g/mol. The maximum Gasteiger partial charge on any atom is 0.145 e. The van der Waals surface area contributed by atoms with Crippen LogP contribution in [0.3, 0.4) is 0 Å². The largest absolute Gasteiger partial charge is 0.497 e. The summed E-state index contributed by atoms with van der Waals surface area (Å²) in [7, 11) is 1.65. The zero-order valence-electron chi connectivity index (χ0n) is 17.0. The molecule has 0 bridgehead atoms. The van der Waals surface area contributed by atoms with Gasteiger partial charge in [-0.2, -0.15) is 5.26 Å². The molecule has 0 spiro atoms. The number of aromatic nitrogens is 1. The summed E-state index contributed by atoms with van der Waals surface area (Å²) >= 11 is 6.07. The number of halogens is 1. The van der Waals surface area contributed by atoms with Crippen LogP contribution in [0.4, 0.5) is 5.82 Å². The molecule has 0 aliphatic heterocycles. The lowest BCUT2D eigenvalue weighted by Gasteiger charge is -2.24. The molecule has 0 saturated heterocycles. The van der Waals surface area contributed by atoms with Crippen LogP contribution in [0.15, 0.2) is 54.6 Å². The Bertz CT molecular complexity index is 1050. The predicted octanol–water partition coefficient (Wildman–Crippen LogP) is 6.69. The summed E-state index contributed by atoms with van der Waals surface area (Å²) in [4.78, 5) is 4.86. The second kappa shape index (κ2) is 9.19. The normalized spacial score (nSPS) is 14.2. The van der Waals surface area contributed by atoms with Gasteiger partial charge in [-0.25, -0.2) is 4.98 Å². The third kappa shape index (κ3) is 4.42. The van der Waals surface area contributed by atoms with Crippen LogP contribution < -0.4 is 10.1 Å². The van der Waals surface area contributed by atoms with E-state index >= 15 is 0 Å². The van der Waals surface area contributed by atoms with Crippen LogP contribution in [0.5, 0.6) is 5.75 Å².